The van der Waals surface area contributed by atoms with Crippen LogP contribution >= 0.6 is 15.9 Å². The number of anilines is 1. The Morgan fingerprint density at radius 3 is 2.48 bits per heavy atom. The number of Topliss-reactive ketones (excluding diaryl/α,β-unsaturated/α-hetero) is 1. The first kappa shape index (κ1) is 15.9. The lowest BCUT2D eigenvalue weighted by molar-refractivity contribution is -0.116. The molecule has 0 heterocycles. The van der Waals surface area contributed by atoms with Gasteiger partial charge < -0.3 is 5.32 Å². The van der Waals surface area contributed by atoms with Crippen LogP contribution in [0.3, 0.4) is 0 Å². The average molecular weight is 372 g/mol. The summed E-state index contributed by atoms with van der Waals surface area (Å²) < 4.78 is 0. The first-order valence-electron chi connectivity index (χ1n) is 7.73. The van der Waals surface area contributed by atoms with Gasteiger partial charge in [0.2, 0.25) is 5.91 Å². The van der Waals surface area contributed by atoms with Gasteiger partial charge in [-0.05, 0) is 46.4 Å². The zero-order valence-electron chi connectivity index (χ0n) is 13.0. The highest BCUT2D eigenvalue weighted by Gasteiger charge is 2.19. The molecular formula is C19H18BrNO2. The smallest absolute Gasteiger partial charge is 0.224 e. The van der Waals surface area contributed by atoms with Crippen LogP contribution in [0.25, 0.3) is 11.1 Å². The average Bonchev–Trinajstić information content (AvgIpc) is 2.91. The van der Waals surface area contributed by atoms with E-state index in [2.05, 4.69) is 39.4 Å². The quantitative estimate of drug-likeness (QED) is 0.685. The molecule has 3 rings (SSSR count). The van der Waals surface area contributed by atoms with Crippen molar-refractivity contribution in [3.05, 3.63) is 53.1 Å². The second kappa shape index (κ2) is 6.67. The molecule has 1 aliphatic carbocycles. The number of halogens is 1. The van der Waals surface area contributed by atoms with Crippen LogP contribution in [0.15, 0.2) is 36.4 Å². The largest absolute Gasteiger partial charge is 0.326 e. The minimum absolute atomic E-state index is 0.0241. The summed E-state index contributed by atoms with van der Waals surface area (Å²) in [4.78, 5) is 23.1. The van der Waals surface area contributed by atoms with Gasteiger partial charge in [0, 0.05) is 18.5 Å². The highest BCUT2D eigenvalue weighted by Crippen LogP contribution is 2.38. The Morgan fingerprint density at radius 2 is 1.78 bits per heavy atom. The number of fused-ring (bicyclic) bond motifs is 3. The van der Waals surface area contributed by atoms with Crippen molar-refractivity contribution >= 4 is 33.3 Å². The summed E-state index contributed by atoms with van der Waals surface area (Å²) in [6, 6.07) is 12.3. The van der Waals surface area contributed by atoms with Crippen molar-refractivity contribution in [2.24, 2.45) is 0 Å². The summed E-state index contributed by atoms with van der Waals surface area (Å²) in [5.41, 5.74) is 6.81. The van der Waals surface area contributed by atoms with E-state index in [4.69, 9.17) is 0 Å². The molecule has 0 radical (unpaired) electrons. The molecule has 0 fully saturated rings. The summed E-state index contributed by atoms with van der Waals surface area (Å²) in [6.07, 6.45) is 1.78. The van der Waals surface area contributed by atoms with Gasteiger partial charge in [0.05, 0.1) is 5.33 Å². The van der Waals surface area contributed by atoms with E-state index in [0.717, 1.165) is 17.7 Å². The number of ketones is 1. The summed E-state index contributed by atoms with van der Waals surface area (Å²) in [5.74, 6) is 0.209. The number of alkyl halides is 1. The number of hydrogen-bond donors (Lipinski definition) is 1. The van der Waals surface area contributed by atoms with Crippen LogP contribution in [-0.2, 0) is 22.4 Å². The molecule has 4 heteroatoms. The lowest BCUT2D eigenvalue weighted by Gasteiger charge is -2.06. The molecule has 0 atom stereocenters. The summed E-state index contributed by atoms with van der Waals surface area (Å²) >= 11 is 3.21. The van der Waals surface area contributed by atoms with Crippen molar-refractivity contribution in [1.82, 2.24) is 0 Å². The number of carbonyl (C=O) groups excluding carboxylic acids is 2. The molecule has 23 heavy (non-hydrogen) atoms. The summed E-state index contributed by atoms with van der Waals surface area (Å²) in [7, 11) is 0. The molecule has 0 saturated carbocycles. The number of nitrogens with one attached hydrogen (secondary N) is 1. The van der Waals surface area contributed by atoms with E-state index in [0.29, 0.717) is 18.2 Å². The molecule has 0 aliphatic heterocycles. The van der Waals surface area contributed by atoms with Crippen molar-refractivity contribution in [2.75, 3.05) is 10.6 Å². The van der Waals surface area contributed by atoms with Gasteiger partial charge in [0.25, 0.3) is 0 Å². The fourth-order valence-corrected chi connectivity index (χ4v) is 3.17. The van der Waals surface area contributed by atoms with Gasteiger partial charge in [0.1, 0.15) is 5.78 Å². The van der Waals surface area contributed by atoms with E-state index in [1.807, 2.05) is 25.1 Å². The molecule has 118 valence electrons. The highest BCUT2D eigenvalue weighted by molar-refractivity contribution is 9.09. The van der Waals surface area contributed by atoms with Crippen LogP contribution in [0.4, 0.5) is 5.69 Å². The van der Waals surface area contributed by atoms with Crippen LogP contribution in [0.5, 0.6) is 0 Å². The molecule has 0 unspecified atom stereocenters. The number of benzene rings is 2. The fraction of sp³-hybridized carbons (Fsp3) is 0.263. The zero-order valence-corrected chi connectivity index (χ0v) is 14.6. The Hall–Kier alpha value is -1.94. The predicted octanol–water partition coefficient (Wildman–Crippen LogP) is 4.11. The van der Waals surface area contributed by atoms with Crippen molar-refractivity contribution in [1.29, 1.82) is 0 Å². The summed E-state index contributed by atoms with van der Waals surface area (Å²) in [5, 5.41) is 3.30. The monoisotopic (exact) mass is 371 g/mol. The molecule has 0 bridgehead atoms. The van der Waals surface area contributed by atoms with Crippen molar-refractivity contribution in [2.45, 2.75) is 26.2 Å². The fourth-order valence-electron chi connectivity index (χ4n) is 2.98. The van der Waals surface area contributed by atoms with E-state index in [1.165, 1.54) is 22.3 Å². The van der Waals surface area contributed by atoms with E-state index in [1.54, 1.807) is 0 Å². The van der Waals surface area contributed by atoms with Crippen LogP contribution in [0.1, 0.15) is 30.0 Å². The van der Waals surface area contributed by atoms with Crippen LogP contribution in [-0.4, -0.2) is 17.0 Å². The highest BCUT2D eigenvalue weighted by atomic mass is 79.9. The van der Waals surface area contributed by atoms with E-state index in [9.17, 15) is 9.59 Å². The molecular weight excluding hydrogens is 354 g/mol. The van der Waals surface area contributed by atoms with E-state index < -0.39 is 0 Å². The third kappa shape index (κ3) is 3.37. The second-order valence-corrected chi connectivity index (χ2v) is 6.35. The third-order valence-electron chi connectivity index (χ3n) is 4.10. The van der Waals surface area contributed by atoms with Gasteiger partial charge >= 0.3 is 0 Å². The molecule has 1 N–H and O–H groups in total. The lowest BCUT2D eigenvalue weighted by atomic mass is 10.0. The molecule has 0 aromatic heterocycles. The number of hydrogen-bond acceptors (Lipinski definition) is 2. The third-order valence-corrected chi connectivity index (χ3v) is 4.73. The predicted molar refractivity (Wildman–Crippen MR) is 96.1 cm³/mol. The van der Waals surface area contributed by atoms with Crippen LogP contribution < -0.4 is 5.32 Å². The number of rotatable bonds is 5. The Bertz CT molecular complexity index is 717. The van der Waals surface area contributed by atoms with Crippen molar-refractivity contribution in [3.8, 4) is 11.1 Å². The lowest BCUT2D eigenvalue weighted by Crippen LogP contribution is -2.09. The van der Waals surface area contributed by atoms with Crippen LogP contribution in [0.2, 0.25) is 0 Å². The first-order chi connectivity index (χ1) is 11.1. The SMILES string of the molecule is CCC(=O)Nc1ccc2c(c1)Cc1cc(CC(=O)CBr)ccc1-2. The van der Waals surface area contributed by atoms with E-state index in [-0.39, 0.29) is 11.7 Å². The Morgan fingerprint density at radius 1 is 1.09 bits per heavy atom. The first-order valence-corrected chi connectivity index (χ1v) is 8.85. The van der Waals surface area contributed by atoms with E-state index >= 15 is 0 Å². The van der Waals surface area contributed by atoms with Gasteiger partial charge in [-0.2, -0.15) is 0 Å². The normalized spacial score (nSPS) is 11.7. The maximum Gasteiger partial charge on any atom is 0.224 e. The molecule has 1 aliphatic rings. The van der Waals surface area contributed by atoms with Crippen LogP contribution in [0, 0.1) is 0 Å². The molecule has 2 aromatic carbocycles. The maximum absolute atomic E-state index is 11.6. The summed E-state index contributed by atoms with van der Waals surface area (Å²) in [6.45, 7) is 1.84. The molecule has 3 nitrogen and oxygen atoms in total. The number of amides is 1. The van der Waals surface area contributed by atoms with Gasteiger partial charge in [-0.1, -0.05) is 47.1 Å². The maximum atomic E-state index is 11.6. The molecule has 1 amide bonds. The molecule has 0 spiro atoms. The molecule has 0 saturated heterocycles. The minimum Gasteiger partial charge on any atom is -0.326 e. The van der Waals surface area contributed by atoms with Crippen molar-refractivity contribution < 1.29 is 9.59 Å². The minimum atomic E-state index is 0.0241. The topological polar surface area (TPSA) is 46.2 Å². The van der Waals surface area contributed by atoms with Gasteiger partial charge in [0.15, 0.2) is 0 Å². The van der Waals surface area contributed by atoms with Gasteiger partial charge in [-0.15, -0.1) is 0 Å². The van der Waals surface area contributed by atoms with Gasteiger partial charge in [-0.3, -0.25) is 9.59 Å². The van der Waals surface area contributed by atoms with Crippen molar-refractivity contribution in [3.63, 3.8) is 0 Å². The zero-order chi connectivity index (χ0) is 16.4. The Balaban J connectivity index is 1.85. The second-order valence-electron chi connectivity index (χ2n) is 5.79. The molecule has 2 aromatic rings. The standard InChI is InChI=1S/C19H18BrNO2/c1-2-19(23)21-15-4-6-18-14(10-15)9-13-7-12(3-5-17(13)18)8-16(22)11-20/h3-7,10H,2,8-9,11H2,1H3,(H,21,23). The Kier molecular flexibility index (Phi) is 4.62. The van der Waals surface area contributed by atoms with Gasteiger partial charge in [-0.25, -0.2) is 0 Å². The number of carbonyl (C=O) groups is 2. The Labute approximate surface area is 144 Å².